The average molecular weight is 495 g/mol. The highest BCUT2D eigenvalue weighted by Crippen LogP contribution is 2.27. The summed E-state index contributed by atoms with van der Waals surface area (Å²) in [5.74, 6) is -0.0649. The second kappa shape index (κ2) is 10.5. The first-order chi connectivity index (χ1) is 17.5. The quantitative estimate of drug-likeness (QED) is 0.509. The minimum Gasteiger partial charge on any atom is -0.491 e. The van der Waals surface area contributed by atoms with E-state index in [1.165, 1.54) is 5.56 Å². The number of morpholine rings is 1. The number of carbonyl (C=O) groups excluding carboxylic acids is 2. The molecule has 3 heterocycles. The maximum Gasteiger partial charge on any atom is 0.417 e. The zero-order chi connectivity index (χ0) is 25.0. The molecule has 190 valence electrons. The van der Waals surface area contributed by atoms with E-state index < -0.39 is 11.4 Å². The molecule has 10 nitrogen and oxygen atoms in total. The molecule has 1 atom stereocenters. The van der Waals surface area contributed by atoms with Crippen molar-refractivity contribution in [2.75, 3.05) is 44.7 Å². The van der Waals surface area contributed by atoms with Gasteiger partial charge in [0.05, 0.1) is 25.2 Å². The van der Waals surface area contributed by atoms with Crippen LogP contribution in [-0.2, 0) is 20.7 Å². The van der Waals surface area contributed by atoms with E-state index in [-0.39, 0.29) is 18.4 Å². The lowest BCUT2D eigenvalue weighted by atomic mass is 9.91. The van der Waals surface area contributed by atoms with Gasteiger partial charge >= 0.3 is 5.76 Å². The lowest BCUT2D eigenvalue weighted by Gasteiger charge is -2.41. The fourth-order valence-corrected chi connectivity index (χ4v) is 4.88. The molecule has 2 aliphatic heterocycles. The van der Waals surface area contributed by atoms with Gasteiger partial charge in [-0.15, -0.1) is 0 Å². The van der Waals surface area contributed by atoms with E-state index in [4.69, 9.17) is 13.9 Å². The molecule has 36 heavy (non-hydrogen) atoms. The van der Waals surface area contributed by atoms with Crippen molar-refractivity contribution in [1.29, 1.82) is 0 Å². The van der Waals surface area contributed by atoms with E-state index in [0.717, 1.165) is 25.0 Å². The van der Waals surface area contributed by atoms with Gasteiger partial charge in [0.25, 0.3) is 5.91 Å². The van der Waals surface area contributed by atoms with Crippen LogP contribution in [0, 0.1) is 0 Å². The highest BCUT2D eigenvalue weighted by Gasteiger charge is 2.43. The molecule has 2 aromatic carbocycles. The molecule has 0 saturated carbocycles. The zero-order valence-electron chi connectivity index (χ0n) is 20.0. The number of aryl methyl sites for hydroxylation is 1. The molecule has 3 aromatic rings. The SMILES string of the molecule is O=C(CN1CCOC2(CCCCc3ccccc3OCCNC2=O)C1)Nc1ccc2[nH]c(=O)oc2c1. The summed E-state index contributed by atoms with van der Waals surface area (Å²) in [5, 5.41) is 5.81. The number of aromatic amines is 1. The first-order valence-electron chi connectivity index (χ1n) is 12.3. The van der Waals surface area contributed by atoms with E-state index in [0.29, 0.717) is 56.1 Å². The summed E-state index contributed by atoms with van der Waals surface area (Å²) >= 11 is 0. The van der Waals surface area contributed by atoms with Crippen LogP contribution in [-0.4, -0.2) is 66.7 Å². The van der Waals surface area contributed by atoms with Crippen LogP contribution in [0.15, 0.2) is 51.7 Å². The number of aromatic nitrogens is 1. The number of hydrogen-bond acceptors (Lipinski definition) is 7. The van der Waals surface area contributed by atoms with Gasteiger partial charge in [-0.25, -0.2) is 4.79 Å². The molecule has 3 N–H and O–H groups in total. The van der Waals surface area contributed by atoms with Crippen molar-refractivity contribution in [3.8, 4) is 5.75 Å². The fourth-order valence-electron chi connectivity index (χ4n) is 4.88. The first kappa shape index (κ1) is 24.1. The summed E-state index contributed by atoms with van der Waals surface area (Å²) in [6.45, 7) is 2.09. The van der Waals surface area contributed by atoms with E-state index in [1.54, 1.807) is 18.2 Å². The Morgan fingerprint density at radius 1 is 1.11 bits per heavy atom. The minimum atomic E-state index is -1.01. The molecule has 5 rings (SSSR count). The Hall–Kier alpha value is -3.63. The maximum absolute atomic E-state index is 13.2. The molecule has 10 heteroatoms. The van der Waals surface area contributed by atoms with E-state index >= 15 is 0 Å². The standard InChI is InChI=1S/C26H30N4O6/c31-23(28-19-8-9-20-22(15-19)36-25(33)29-20)16-30-12-14-35-26(17-30)10-4-3-6-18-5-1-2-7-21(18)34-13-11-27-24(26)32/h1-2,5,7-9,15H,3-4,6,10-14,16-17H2,(H,27,32)(H,28,31)(H,29,33). The van der Waals surface area contributed by atoms with Crippen molar-refractivity contribution in [3.63, 3.8) is 0 Å². The molecule has 0 bridgehead atoms. The second-order valence-electron chi connectivity index (χ2n) is 9.25. The number of nitrogens with one attached hydrogen (secondary N) is 3. The van der Waals surface area contributed by atoms with Gasteiger partial charge in [0, 0.05) is 24.8 Å². The van der Waals surface area contributed by atoms with Crippen LogP contribution in [0.3, 0.4) is 0 Å². The van der Waals surface area contributed by atoms with Crippen LogP contribution in [0.4, 0.5) is 5.69 Å². The van der Waals surface area contributed by atoms with Crippen molar-refractivity contribution in [2.45, 2.75) is 31.3 Å². The highest BCUT2D eigenvalue weighted by atomic mass is 16.5. The van der Waals surface area contributed by atoms with Gasteiger partial charge in [-0.3, -0.25) is 19.5 Å². The first-order valence-corrected chi connectivity index (χ1v) is 12.3. The number of oxazole rings is 1. The number of fused-ring (bicyclic) bond motifs is 2. The summed E-state index contributed by atoms with van der Waals surface area (Å²) in [7, 11) is 0. The summed E-state index contributed by atoms with van der Waals surface area (Å²) < 4.78 is 17.1. The number of benzene rings is 2. The van der Waals surface area contributed by atoms with Crippen molar-refractivity contribution < 1.29 is 23.5 Å². The number of H-pyrrole nitrogens is 1. The molecule has 1 aromatic heterocycles. The Balaban J connectivity index is 1.23. The number of para-hydroxylation sites is 1. The van der Waals surface area contributed by atoms with Crippen LogP contribution >= 0.6 is 0 Å². The number of amides is 2. The summed E-state index contributed by atoms with van der Waals surface area (Å²) in [6.07, 6.45) is 3.15. The van der Waals surface area contributed by atoms with Gasteiger partial charge in [0.1, 0.15) is 12.4 Å². The summed E-state index contributed by atoms with van der Waals surface area (Å²) in [6, 6.07) is 13.0. The minimum absolute atomic E-state index is 0.115. The smallest absolute Gasteiger partial charge is 0.417 e. The van der Waals surface area contributed by atoms with Crippen molar-refractivity contribution >= 4 is 28.6 Å². The van der Waals surface area contributed by atoms with Crippen LogP contribution < -0.4 is 21.1 Å². The van der Waals surface area contributed by atoms with Crippen molar-refractivity contribution in [3.05, 3.63) is 58.6 Å². The normalized spacial score (nSPS) is 21.6. The molecule has 0 radical (unpaired) electrons. The number of ether oxygens (including phenoxy) is 2. The third kappa shape index (κ3) is 5.44. The molecule has 2 amide bonds. The van der Waals surface area contributed by atoms with E-state index in [9.17, 15) is 14.4 Å². The monoisotopic (exact) mass is 494 g/mol. The van der Waals surface area contributed by atoms with E-state index in [2.05, 4.69) is 21.7 Å². The topological polar surface area (TPSA) is 126 Å². The van der Waals surface area contributed by atoms with Crippen LogP contribution in [0.1, 0.15) is 24.8 Å². The number of carbonyl (C=O) groups is 2. The van der Waals surface area contributed by atoms with Crippen LogP contribution in [0.5, 0.6) is 5.75 Å². The lowest BCUT2D eigenvalue weighted by molar-refractivity contribution is -0.163. The predicted molar refractivity (Wildman–Crippen MR) is 133 cm³/mol. The van der Waals surface area contributed by atoms with Gasteiger partial charge in [0.15, 0.2) is 11.2 Å². The molecule has 2 aliphatic rings. The average Bonchev–Trinajstić information content (AvgIpc) is 3.24. The number of rotatable bonds is 3. The molecule has 1 unspecified atom stereocenters. The Morgan fingerprint density at radius 3 is 2.92 bits per heavy atom. The fraction of sp³-hybridized carbons (Fsp3) is 0.423. The van der Waals surface area contributed by atoms with E-state index in [1.807, 2.05) is 23.1 Å². The molecule has 1 spiro atoms. The molecule has 1 saturated heterocycles. The molecule has 1 fully saturated rings. The molecule has 0 aliphatic carbocycles. The zero-order valence-corrected chi connectivity index (χ0v) is 20.0. The Labute approximate surface area is 207 Å². The Morgan fingerprint density at radius 2 is 2.00 bits per heavy atom. The Kier molecular flexibility index (Phi) is 7.06. The van der Waals surface area contributed by atoms with Gasteiger partial charge in [-0.1, -0.05) is 18.2 Å². The molecular weight excluding hydrogens is 464 g/mol. The number of anilines is 1. The highest BCUT2D eigenvalue weighted by molar-refractivity contribution is 5.94. The van der Waals surface area contributed by atoms with Gasteiger partial charge in [-0.05, 0) is 49.4 Å². The number of nitrogens with zero attached hydrogens (tertiary/aromatic N) is 1. The Bertz CT molecular complexity index is 1300. The summed E-state index contributed by atoms with van der Waals surface area (Å²) in [4.78, 5) is 41.9. The number of hydrogen-bond donors (Lipinski definition) is 3. The van der Waals surface area contributed by atoms with Gasteiger partial charge in [-0.2, -0.15) is 0 Å². The lowest BCUT2D eigenvalue weighted by Crippen LogP contribution is -2.61. The third-order valence-corrected chi connectivity index (χ3v) is 6.65. The van der Waals surface area contributed by atoms with Crippen LogP contribution in [0.2, 0.25) is 0 Å². The van der Waals surface area contributed by atoms with Gasteiger partial charge in [0.2, 0.25) is 5.91 Å². The predicted octanol–water partition coefficient (Wildman–Crippen LogP) is 2.05. The van der Waals surface area contributed by atoms with Crippen molar-refractivity contribution in [2.24, 2.45) is 0 Å². The third-order valence-electron chi connectivity index (χ3n) is 6.65. The van der Waals surface area contributed by atoms with Crippen molar-refractivity contribution in [1.82, 2.24) is 15.2 Å². The van der Waals surface area contributed by atoms with Crippen LogP contribution in [0.25, 0.3) is 11.1 Å². The summed E-state index contributed by atoms with van der Waals surface area (Å²) in [5.41, 5.74) is 1.63. The largest absolute Gasteiger partial charge is 0.491 e. The van der Waals surface area contributed by atoms with Gasteiger partial charge < -0.3 is 24.5 Å². The maximum atomic E-state index is 13.2. The molecular formula is C26H30N4O6. The second-order valence-corrected chi connectivity index (χ2v) is 9.25.